The standard InChI is InChI=1S/C23H17ClN6O/c1-13-16(5-6-17(21(13)24)22(25)31)19-8-9-20-23(27-19)30(29-28-20)12-14-4-7-18-15(11-14)3-2-10-26-18/h2-11H,12H2,1H3,(H2,25,31). The van der Waals surface area contributed by atoms with Crippen molar-refractivity contribution in [3.63, 3.8) is 0 Å². The Balaban J connectivity index is 1.55. The molecular weight excluding hydrogens is 412 g/mol. The number of fused-ring (bicyclic) bond motifs is 2. The van der Waals surface area contributed by atoms with E-state index in [-0.39, 0.29) is 0 Å². The second-order valence-corrected chi connectivity index (χ2v) is 7.66. The summed E-state index contributed by atoms with van der Waals surface area (Å²) in [6.07, 6.45) is 1.78. The van der Waals surface area contributed by atoms with Crippen LogP contribution >= 0.6 is 11.6 Å². The number of hydrogen-bond donors (Lipinski definition) is 1. The smallest absolute Gasteiger partial charge is 0.250 e. The van der Waals surface area contributed by atoms with Crippen LogP contribution in [0.25, 0.3) is 33.3 Å². The van der Waals surface area contributed by atoms with Crippen molar-refractivity contribution in [1.29, 1.82) is 0 Å². The fourth-order valence-corrected chi connectivity index (χ4v) is 3.92. The van der Waals surface area contributed by atoms with Gasteiger partial charge in [0.25, 0.3) is 0 Å². The maximum Gasteiger partial charge on any atom is 0.250 e. The molecule has 3 heterocycles. The van der Waals surface area contributed by atoms with Crippen molar-refractivity contribution in [3.8, 4) is 11.3 Å². The molecule has 5 rings (SSSR count). The molecule has 0 atom stereocenters. The second kappa shape index (κ2) is 7.45. The van der Waals surface area contributed by atoms with Crippen LogP contribution in [0.5, 0.6) is 0 Å². The summed E-state index contributed by atoms with van der Waals surface area (Å²) in [6.45, 7) is 2.37. The average Bonchev–Trinajstić information content (AvgIpc) is 3.17. The molecule has 0 unspecified atom stereocenters. The Morgan fingerprint density at radius 1 is 1.10 bits per heavy atom. The molecule has 0 radical (unpaired) electrons. The molecule has 2 N–H and O–H groups in total. The summed E-state index contributed by atoms with van der Waals surface area (Å²) >= 11 is 6.36. The van der Waals surface area contributed by atoms with Crippen LogP contribution in [0.15, 0.2) is 60.8 Å². The van der Waals surface area contributed by atoms with Gasteiger partial charge in [-0.05, 0) is 54.4 Å². The van der Waals surface area contributed by atoms with Gasteiger partial charge >= 0.3 is 0 Å². The molecule has 1 amide bonds. The van der Waals surface area contributed by atoms with E-state index in [0.29, 0.717) is 34.0 Å². The molecule has 0 saturated carbocycles. The number of carbonyl (C=O) groups is 1. The van der Waals surface area contributed by atoms with Gasteiger partial charge in [0.15, 0.2) is 5.65 Å². The van der Waals surface area contributed by atoms with E-state index in [4.69, 9.17) is 22.3 Å². The molecule has 2 aromatic carbocycles. The lowest BCUT2D eigenvalue weighted by atomic mass is 10.0. The second-order valence-electron chi connectivity index (χ2n) is 7.28. The summed E-state index contributed by atoms with van der Waals surface area (Å²) < 4.78 is 1.77. The van der Waals surface area contributed by atoms with Gasteiger partial charge in [-0.15, -0.1) is 5.10 Å². The fourth-order valence-electron chi connectivity index (χ4n) is 3.66. The molecule has 7 nitrogen and oxygen atoms in total. The number of halogens is 1. The van der Waals surface area contributed by atoms with E-state index < -0.39 is 5.91 Å². The molecule has 31 heavy (non-hydrogen) atoms. The molecule has 5 aromatic rings. The normalized spacial score (nSPS) is 11.3. The summed E-state index contributed by atoms with van der Waals surface area (Å²) in [5, 5.41) is 9.93. The first-order chi connectivity index (χ1) is 15.0. The first-order valence-corrected chi connectivity index (χ1v) is 10.0. The third-order valence-electron chi connectivity index (χ3n) is 5.29. The third kappa shape index (κ3) is 3.39. The zero-order valence-electron chi connectivity index (χ0n) is 16.6. The maximum atomic E-state index is 11.6. The lowest BCUT2D eigenvalue weighted by molar-refractivity contribution is 0.100. The molecule has 8 heteroatoms. The van der Waals surface area contributed by atoms with Crippen LogP contribution in [0, 0.1) is 6.92 Å². The Labute approximate surface area is 182 Å². The van der Waals surface area contributed by atoms with Crippen molar-refractivity contribution in [2.45, 2.75) is 13.5 Å². The third-order valence-corrected chi connectivity index (χ3v) is 5.77. The first-order valence-electron chi connectivity index (χ1n) is 9.64. The Morgan fingerprint density at radius 3 is 2.77 bits per heavy atom. The van der Waals surface area contributed by atoms with Crippen LogP contribution in [0.4, 0.5) is 0 Å². The lowest BCUT2D eigenvalue weighted by Gasteiger charge is -2.10. The summed E-state index contributed by atoms with van der Waals surface area (Å²) in [5.74, 6) is -0.559. The summed E-state index contributed by atoms with van der Waals surface area (Å²) in [7, 11) is 0. The molecule has 0 aliphatic carbocycles. The van der Waals surface area contributed by atoms with Crippen molar-refractivity contribution < 1.29 is 4.79 Å². The van der Waals surface area contributed by atoms with Gasteiger partial charge in [-0.25, -0.2) is 9.67 Å². The Bertz CT molecular complexity index is 1480. The Morgan fingerprint density at radius 2 is 1.94 bits per heavy atom. The number of carbonyl (C=O) groups excluding carboxylic acids is 1. The number of nitrogens with zero attached hydrogens (tertiary/aromatic N) is 5. The van der Waals surface area contributed by atoms with Crippen molar-refractivity contribution in [2.24, 2.45) is 5.73 Å². The van der Waals surface area contributed by atoms with E-state index in [1.165, 1.54) is 0 Å². The SMILES string of the molecule is Cc1c(-c2ccc3nnn(Cc4ccc5ncccc5c4)c3n2)ccc(C(N)=O)c1Cl. The van der Waals surface area contributed by atoms with Crippen molar-refractivity contribution in [3.05, 3.63) is 82.5 Å². The zero-order valence-corrected chi connectivity index (χ0v) is 17.3. The minimum Gasteiger partial charge on any atom is -0.366 e. The highest BCUT2D eigenvalue weighted by atomic mass is 35.5. The van der Waals surface area contributed by atoms with Crippen molar-refractivity contribution in [1.82, 2.24) is 25.0 Å². The number of rotatable bonds is 4. The highest BCUT2D eigenvalue weighted by Gasteiger charge is 2.15. The van der Waals surface area contributed by atoms with E-state index in [9.17, 15) is 4.79 Å². The van der Waals surface area contributed by atoms with Gasteiger partial charge in [-0.1, -0.05) is 35.0 Å². The zero-order chi connectivity index (χ0) is 21.5. The number of nitrogens with two attached hydrogens (primary N) is 1. The molecule has 3 aromatic heterocycles. The number of aromatic nitrogens is 5. The fraction of sp³-hybridized carbons (Fsp3) is 0.0870. The first kappa shape index (κ1) is 19.1. The summed E-state index contributed by atoms with van der Waals surface area (Å²) in [6, 6.07) is 17.2. The summed E-state index contributed by atoms with van der Waals surface area (Å²) in [5.41, 5.74) is 11.4. The average molecular weight is 429 g/mol. The maximum absolute atomic E-state index is 11.6. The number of hydrogen-bond acceptors (Lipinski definition) is 5. The monoisotopic (exact) mass is 428 g/mol. The number of amides is 1. The van der Waals surface area contributed by atoms with Gasteiger partial charge < -0.3 is 5.73 Å². The minimum absolute atomic E-state index is 0.293. The molecular formula is C23H17ClN6O. The van der Waals surface area contributed by atoms with Crippen LogP contribution < -0.4 is 5.73 Å². The predicted octanol–water partition coefficient (Wildman–Crippen LogP) is 4.15. The van der Waals surface area contributed by atoms with E-state index in [1.807, 2.05) is 43.3 Å². The van der Waals surface area contributed by atoms with Crippen LogP contribution in [0.2, 0.25) is 5.02 Å². The molecule has 0 spiro atoms. The molecule has 152 valence electrons. The topological polar surface area (TPSA) is 99.6 Å². The van der Waals surface area contributed by atoms with Crippen LogP contribution in [-0.2, 0) is 6.54 Å². The highest BCUT2D eigenvalue weighted by Crippen LogP contribution is 2.31. The minimum atomic E-state index is -0.559. The Kier molecular flexibility index (Phi) is 4.60. The van der Waals surface area contributed by atoms with Crippen LogP contribution in [0.1, 0.15) is 21.5 Å². The van der Waals surface area contributed by atoms with Crippen LogP contribution in [0.3, 0.4) is 0 Å². The van der Waals surface area contributed by atoms with E-state index in [2.05, 4.69) is 21.4 Å². The van der Waals surface area contributed by atoms with Gasteiger partial charge in [0.1, 0.15) is 5.52 Å². The number of pyridine rings is 2. The predicted molar refractivity (Wildman–Crippen MR) is 120 cm³/mol. The van der Waals surface area contributed by atoms with Gasteiger partial charge in [0.2, 0.25) is 5.91 Å². The largest absolute Gasteiger partial charge is 0.366 e. The van der Waals surface area contributed by atoms with Gasteiger partial charge in [0.05, 0.1) is 28.3 Å². The lowest BCUT2D eigenvalue weighted by Crippen LogP contribution is -2.12. The molecule has 0 aliphatic heterocycles. The molecule has 0 bridgehead atoms. The number of benzene rings is 2. The quantitative estimate of drug-likeness (QED) is 0.463. The summed E-state index contributed by atoms with van der Waals surface area (Å²) in [4.78, 5) is 20.7. The number of primary amides is 1. The van der Waals surface area contributed by atoms with Gasteiger partial charge in [-0.2, -0.15) is 0 Å². The highest BCUT2D eigenvalue weighted by molar-refractivity contribution is 6.35. The van der Waals surface area contributed by atoms with Gasteiger partial charge in [-0.3, -0.25) is 9.78 Å². The van der Waals surface area contributed by atoms with E-state index in [1.54, 1.807) is 23.0 Å². The van der Waals surface area contributed by atoms with Gasteiger partial charge in [0, 0.05) is 17.1 Å². The van der Waals surface area contributed by atoms with Crippen molar-refractivity contribution in [2.75, 3.05) is 0 Å². The van der Waals surface area contributed by atoms with E-state index >= 15 is 0 Å². The van der Waals surface area contributed by atoms with E-state index in [0.717, 1.165) is 27.6 Å². The molecule has 0 saturated heterocycles. The Hall–Kier alpha value is -3.84. The van der Waals surface area contributed by atoms with Crippen molar-refractivity contribution >= 4 is 39.6 Å². The molecule has 0 fully saturated rings. The van der Waals surface area contributed by atoms with Crippen LogP contribution in [-0.4, -0.2) is 30.9 Å². The molecule has 0 aliphatic rings.